The molecule has 6 nitrogen and oxygen atoms in total. The lowest BCUT2D eigenvalue weighted by Crippen LogP contribution is -2.37. The van der Waals surface area contributed by atoms with Crippen molar-refractivity contribution in [2.24, 2.45) is 0 Å². The predicted octanol–water partition coefficient (Wildman–Crippen LogP) is 1.39. The summed E-state index contributed by atoms with van der Waals surface area (Å²) >= 11 is 0. The predicted molar refractivity (Wildman–Crippen MR) is 75.3 cm³/mol. The summed E-state index contributed by atoms with van der Waals surface area (Å²) in [5.41, 5.74) is 5.78. The highest BCUT2D eigenvalue weighted by Crippen LogP contribution is 2.25. The molecule has 0 heterocycles. The Labute approximate surface area is 118 Å². The third kappa shape index (κ3) is 3.88. The van der Waals surface area contributed by atoms with Gasteiger partial charge in [-0.3, -0.25) is 9.59 Å². The molecule has 6 heteroatoms. The summed E-state index contributed by atoms with van der Waals surface area (Å²) in [4.78, 5) is 25.2. The Bertz CT molecular complexity index is 488. The first kappa shape index (κ1) is 15.8. The SMILES string of the molecule is CCCN(CC(=O)OCC)C(=O)c1cccc(N)c1O. The molecular formula is C14H20N2O4. The number of carbonyl (C=O) groups is 2. The van der Waals surface area contributed by atoms with Gasteiger partial charge < -0.3 is 20.5 Å². The largest absolute Gasteiger partial charge is 0.505 e. The van der Waals surface area contributed by atoms with E-state index < -0.39 is 11.9 Å². The number of nitrogen functional groups attached to an aromatic ring is 1. The van der Waals surface area contributed by atoms with Crippen LogP contribution in [0.3, 0.4) is 0 Å². The summed E-state index contributed by atoms with van der Waals surface area (Å²) in [5.74, 6) is -1.18. The van der Waals surface area contributed by atoms with E-state index in [-0.39, 0.29) is 30.2 Å². The minimum Gasteiger partial charge on any atom is -0.505 e. The monoisotopic (exact) mass is 280 g/mol. The van der Waals surface area contributed by atoms with Crippen LogP contribution >= 0.6 is 0 Å². The number of anilines is 1. The van der Waals surface area contributed by atoms with Gasteiger partial charge >= 0.3 is 5.97 Å². The quantitative estimate of drug-likeness (QED) is 0.466. The number of nitrogens with zero attached hydrogens (tertiary/aromatic N) is 1. The summed E-state index contributed by atoms with van der Waals surface area (Å²) in [5, 5.41) is 9.83. The van der Waals surface area contributed by atoms with Crippen molar-refractivity contribution in [1.82, 2.24) is 4.90 Å². The van der Waals surface area contributed by atoms with E-state index >= 15 is 0 Å². The molecule has 0 aliphatic rings. The van der Waals surface area contributed by atoms with Crippen molar-refractivity contribution in [3.05, 3.63) is 23.8 Å². The third-order valence-electron chi connectivity index (χ3n) is 2.70. The number of phenolic OH excluding ortho intramolecular Hbond substituents is 1. The minimum atomic E-state index is -0.474. The number of nitrogens with two attached hydrogens (primary N) is 1. The second-order valence-electron chi connectivity index (χ2n) is 4.28. The second kappa shape index (κ2) is 7.37. The van der Waals surface area contributed by atoms with Crippen molar-refractivity contribution in [3.8, 4) is 5.75 Å². The average Bonchev–Trinajstić information content (AvgIpc) is 2.41. The summed E-state index contributed by atoms with van der Waals surface area (Å²) in [7, 11) is 0. The summed E-state index contributed by atoms with van der Waals surface area (Å²) in [6, 6.07) is 4.56. The average molecular weight is 280 g/mol. The van der Waals surface area contributed by atoms with Crippen LogP contribution in [0.2, 0.25) is 0 Å². The van der Waals surface area contributed by atoms with Gasteiger partial charge in [0.2, 0.25) is 0 Å². The van der Waals surface area contributed by atoms with Gasteiger partial charge in [-0.15, -0.1) is 0 Å². The maximum absolute atomic E-state index is 12.4. The van der Waals surface area contributed by atoms with Crippen LogP contribution in [0.25, 0.3) is 0 Å². The molecule has 1 amide bonds. The van der Waals surface area contributed by atoms with Gasteiger partial charge in [0.1, 0.15) is 6.54 Å². The fourth-order valence-corrected chi connectivity index (χ4v) is 1.79. The fraction of sp³-hybridized carbons (Fsp3) is 0.429. The number of benzene rings is 1. The number of phenols is 1. The Morgan fingerprint density at radius 1 is 1.35 bits per heavy atom. The molecule has 1 aromatic rings. The van der Waals surface area contributed by atoms with E-state index in [4.69, 9.17) is 10.5 Å². The first-order chi connectivity index (χ1) is 9.51. The van der Waals surface area contributed by atoms with Gasteiger partial charge in [-0.2, -0.15) is 0 Å². The van der Waals surface area contributed by atoms with Crippen molar-refractivity contribution in [2.45, 2.75) is 20.3 Å². The van der Waals surface area contributed by atoms with Gasteiger partial charge in [-0.25, -0.2) is 0 Å². The maximum Gasteiger partial charge on any atom is 0.325 e. The standard InChI is InChI=1S/C14H20N2O4/c1-3-8-16(9-12(17)20-4-2)14(19)10-6-5-7-11(15)13(10)18/h5-7,18H,3-4,8-9,15H2,1-2H3. The Morgan fingerprint density at radius 3 is 2.65 bits per heavy atom. The van der Waals surface area contributed by atoms with Crippen LogP contribution in [0.5, 0.6) is 5.75 Å². The summed E-state index contributed by atoms with van der Waals surface area (Å²) in [6.45, 7) is 4.11. The third-order valence-corrected chi connectivity index (χ3v) is 2.70. The molecule has 1 rings (SSSR count). The first-order valence-electron chi connectivity index (χ1n) is 6.53. The van der Waals surface area contributed by atoms with Crippen LogP contribution in [0, 0.1) is 0 Å². The molecule has 0 aliphatic carbocycles. The van der Waals surface area contributed by atoms with E-state index in [1.54, 1.807) is 13.0 Å². The van der Waals surface area contributed by atoms with Gasteiger partial charge in [0, 0.05) is 6.54 Å². The molecule has 0 aliphatic heterocycles. The highest BCUT2D eigenvalue weighted by molar-refractivity contribution is 5.99. The number of esters is 1. The number of para-hydroxylation sites is 1. The van der Waals surface area contributed by atoms with E-state index in [0.29, 0.717) is 13.0 Å². The molecule has 0 atom stereocenters. The Balaban J connectivity index is 2.93. The molecule has 0 radical (unpaired) electrons. The Kier molecular flexibility index (Phi) is 5.83. The minimum absolute atomic E-state index is 0.0859. The molecule has 3 N–H and O–H groups in total. The first-order valence-corrected chi connectivity index (χ1v) is 6.53. The Hall–Kier alpha value is -2.24. The van der Waals surface area contributed by atoms with Crippen molar-refractivity contribution in [1.29, 1.82) is 0 Å². The second-order valence-corrected chi connectivity index (χ2v) is 4.28. The number of hydrogen-bond donors (Lipinski definition) is 2. The van der Waals surface area contributed by atoms with E-state index in [0.717, 1.165) is 0 Å². The normalized spacial score (nSPS) is 10.1. The molecule has 0 bridgehead atoms. The van der Waals surface area contributed by atoms with E-state index in [2.05, 4.69) is 0 Å². The van der Waals surface area contributed by atoms with Crippen LogP contribution in [0.15, 0.2) is 18.2 Å². The van der Waals surface area contributed by atoms with Crippen LogP contribution in [-0.2, 0) is 9.53 Å². The zero-order valence-corrected chi connectivity index (χ0v) is 11.8. The molecule has 0 spiro atoms. The molecule has 0 saturated carbocycles. The van der Waals surface area contributed by atoms with Gasteiger partial charge in [0.05, 0.1) is 17.9 Å². The van der Waals surface area contributed by atoms with Crippen LogP contribution in [-0.4, -0.2) is 41.6 Å². The lowest BCUT2D eigenvalue weighted by Gasteiger charge is -2.21. The highest BCUT2D eigenvalue weighted by atomic mass is 16.5. The molecule has 0 fully saturated rings. The van der Waals surface area contributed by atoms with Crippen molar-refractivity contribution in [2.75, 3.05) is 25.4 Å². The molecule has 20 heavy (non-hydrogen) atoms. The van der Waals surface area contributed by atoms with E-state index in [1.165, 1.54) is 17.0 Å². The summed E-state index contributed by atoms with van der Waals surface area (Å²) in [6.07, 6.45) is 0.689. The van der Waals surface area contributed by atoms with Crippen LogP contribution < -0.4 is 5.73 Å². The highest BCUT2D eigenvalue weighted by Gasteiger charge is 2.22. The zero-order valence-electron chi connectivity index (χ0n) is 11.8. The summed E-state index contributed by atoms with van der Waals surface area (Å²) < 4.78 is 4.84. The lowest BCUT2D eigenvalue weighted by molar-refractivity contribution is -0.143. The van der Waals surface area contributed by atoms with Crippen LogP contribution in [0.1, 0.15) is 30.6 Å². The van der Waals surface area contributed by atoms with Gasteiger partial charge in [0.15, 0.2) is 5.75 Å². The molecule has 0 aromatic heterocycles. The molecule has 0 unspecified atom stereocenters. The molecule has 110 valence electrons. The van der Waals surface area contributed by atoms with Crippen molar-refractivity contribution in [3.63, 3.8) is 0 Å². The lowest BCUT2D eigenvalue weighted by atomic mass is 10.1. The van der Waals surface area contributed by atoms with Gasteiger partial charge in [0.25, 0.3) is 5.91 Å². The van der Waals surface area contributed by atoms with Crippen molar-refractivity contribution < 1.29 is 19.4 Å². The van der Waals surface area contributed by atoms with Crippen LogP contribution in [0.4, 0.5) is 5.69 Å². The van der Waals surface area contributed by atoms with Crippen molar-refractivity contribution >= 4 is 17.6 Å². The van der Waals surface area contributed by atoms with E-state index in [1.807, 2.05) is 6.92 Å². The zero-order chi connectivity index (χ0) is 15.1. The van der Waals surface area contributed by atoms with Gasteiger partial charge in [-0.1, -0.05) is 13.0 Å². The number of ether oxygens (including phenoxy) is 1. The number of carbonyl (C=O) groups excluding carboxylic acids is 2. The van der Waals surface area contributed by atoms with Gasteiger partial charge in [-0.05, 0) is 25.5 Å². The molecule has 1 aromatic carbocycles. The topological polar surface area (TPSA) is 92.9 Å². The number of hydrogen-bond acceptors (Lipinski definition) is 5. The smallest absolute Gasteiger partial charge is 0.325 e. The maximum atomic E-state index is 12.4. The number of aromatic hydroxyl groups is 1. The number of rotatable bonds is 6. The molecular weight excluding hydrogens is 260 g/mol. The molecule has 0 saturated heterocycles. The van der Waals surface area contributed by atoms with E-state index in [9.17, 15) is 14.7 Å². The fourth-order valence-electron chi connectivity index (χ4n) is 1.79. The Morgan fingerprint density at radius 2 is 2.05 bits per heavy atom. The number of amides is 1.